The zero-order valence-electron chi connectivity index (χ0n) is 12.1. The summed E-state index contributed by atoms with van der Waals surface area (Å²) in [5.41, 5.74) is 0.908. The van der Waals surface area contributed by atoms with E-state index in [-0.39, 0.29) is 11.7 Å². The van der Waals surface area contributed by atoms with Gasteiger partial charge in [-0.2, -0.15) is 0 Å². The number of nitrogens with one attached hydrogen (secondary N) is 1. The first-order valence-corrected chi connectivity index (χ1v) is 7.59. The molecule has 1 heterocycles. The van der Waals surface area contributed by atoms with Gasteiger partial charge in [-0.15, -0.1) is 0 Å². The number of hydrogen-bond acceptors (Lipinski definition) is 3. The molecule has 1 saturated carbocycles. The first-order chi connectivity index (χ1) is 10.2. The molecule has 3 rings (SSSR count). The predicted molar refractivity (Wildman–Crippen MR) is 77.2 cm³/mol. The normalized spacial score (nSPS) is 25.6. The van der Waals surface area contributed by atoms with Crippen LogP contribution in [0, 0.1) is 5.82 Å². The molecule has 0 unspecified atom stereocenters. The van der Waals surface area contributed by atoms with Crippen molar-refractivity contribution in [2.45, 2.75) is 38.0 Å². The number of halogens is 1. The molecule has 21 heavy (non-hydrogen) atoms. The Kier molecular flexibility index (Phi) is 4.51. The van der Waals surface area contributed by atoms with E-state index < -0.39 is 0 Å². The summed E-state index contributed by atoms with van der Waals surface area (Å²) in [6.07, 6.45) is 3.72. The van der Waals surface area contributed by atoms with Crippen LogP contribution < -0.4 is 5.32 Å². The van der Waals surface area contributed by atoms with Crippen LogP contribution in [0.5, 0.6) is 0 Å². The molecule has 1 aliphatic carbocycles. The van der Waals surface area contributed by atoms with Crippen LogP contribution in [0.3, 0.4) is 0 Å². The van der Waals surface area contributed by atoms with E-state index in [0.717, 1.165) is 24.9 Å². The Morgan fingerprint density at radius 1 is 1.33 bits per heavy atom. The number of carbonyl (C=O) groups excluding carboxylic acids is 1. The molecule has 5 heteroatoms. The minimum absolute atomic E-state index is 0.0203. The van der Waals surface area contributed by atoms with Crippen molar-refractivity contribution in [2.75, 3.05) is 19.7 Å². The Bertz CT molecular complexity index is 492. The number of morpholine rings is 1. The van der Waals surface area contributed by atoms with Crippen molar-refractivity contribution in [3.63, 3.8) is 0 Å². The number of amides is 1. The molecule has 1 aromatic rings. The third kappa shape index (κ3) is 3.60. The highest BCUT2D eigenvalue weighted by Crippen LogP contribution is 2.29. The van der Waals surface area contributed by atoms with E-state index in [9.17, 15) is 9.18 Å². The fourth-order valence-corrected chi connectivity index (χ4v) is 3.25. The Balaban J connectivity index is 1.48. The van der Waals surface area contributed by atoms with Gasteiger partial charge in [0.15, 0.2) is 0 Å². The maximum absolute atomic E-state index is 12.8. The van der Waals surface area contributed by atoms with E-state index in [1.54, 1.807) is 12.1 Å². The first-order valence-electron chi connectivity index (χ1n) is 7.59. The van der Waals surface area contributed by atoms with Crippen molar-refractivity contribution in [2.24, 2.45) is 0 Å². The molecule has 2 atom stereocenters. The van der Waals surface area contributed by atoms with E-state index >= 15 is 0 Å². The molecule has 4 nitrogen and oxygen atoms in total. The number of carbonyl (C=O) groups is 1. The zero-order valence-corrected chi connectivity index (χ0v) is 12.1. The second-order valence-corrected chi connectivity index (χ2v) is 5.78. The van der Waals surface area contributed by atoms with Gasteiger partial charge in [-0.3, -0.25) is 9.69 Å². The molecule has 1 aromatic carbocycles. The summed E-state index contributed by atoms with van der Waals surface area (Å²) in [5, 5.41) is 2.90. The van der Waals surface area contributed by atoms with Gasteiger partial charge in [0, 0.05) is 19.1 Å². The van der Waals surface area contributed by atoms with Crippen molar-refractivity contribution >= 4 is 5.91 Å². The van der Waals surface area contributed by atoms with Crippen molar-refractivity contribution in [3.05, 3.63) is 35.6 Å². The lowest BCUT2D eigenvalue weighted by atomic mass is 10.1. The molecule has 114 valence electrons. The third-order valence-corrected chi connectivity index (χ3v) is 4.35. The molecular formula is C16H21FN2O2. The summed E-state index contributed by atoms with van der Waals surface area (Å²) in [5.74, 6) is -0.238. The maximum Gasteiger partial charge on any atom is 0.234 e. The molecule has 1 aliphatic heterocycles. The highest BCUT2D eigenvalue weighted by molar-refractivity contribution is 5.78. The van der Waals surface area contributed by atoms with Gasteiger partial charge >= 0.3 is 0 Å². The maximum atomic E-state index is 12.8. The standard InChI is InChI=1S/C16H21FN2O2/c17-13-6-4-12(5-7-13)10-18-16(20)11-19-8-9-21-15-3-1-2-14(15)19/h4-7,14-15H,1-3,8-11H2,(H,18,20)/t14-,15-/m1/s1. The smallest absolute Gasteiger partial charge is 0.234 e. The molecular weight excluding hydrogens is 271 g/mol. The van der Waals surface area contributed by atoms with Crippen LogP contribution in [-0.2, 0) is 16.1 Å². The number of hydrogen-bond donors (Lipinski definition) is 1. The van der Waals surface area contributed by atoms with Crippen LogP contribution in [0.15, 0.2) is 24.3 Å². The van der Waals surface area contributed by atoms with E-state index in [4.69, 9.17) is 4.74 Å². The Morgan fingerprint density at radius 3 is 2.95 bits per heavy atom. The quantitative estimate of drug-likeness (QED) is 0.918. The second kappa shape index (κ2) is 6.54. The van der Waals surface area contributed by atoms with Crippen molar-refractivity contribution in [1.82, 2.24) is 10.2 Å². The predicted octanol–water partition coefficient (Wildman–Crippen LogP) is 1.70. The van der Waals surface area contributed by atoms with Crippen molar-refractivity contribution < 1.29 is 13.9 Å². The van der Waals surface area contributed by atoms with E-state index in [0.29, 0.717) is 31.8 Å². The molecule has 1 N–H and O–H groups in total. The number of benzene rings is 1. The van der Waals surface area contributed by atoms with Gasteiger partial charge in [0.2, 0.25) is 5.91 Å². The summed E-state index contributed by atoms with van der Waals surface area (Å²) in [6, 6.07) is 6.60. The van der Waals surface area contributed by atoms with Crippen LogP contribution in [0.25, 0.3) is 0 Å². The molecule has 1 saturated heterocycles. The number of rotatable bonds is 4. The fraction of sp³-hybridized carbons (Fsp3) is 0.562. The fourth-order valence-electron chi connectivity index (χ4n) is 3.25. The number of ether oxygens (including phenoxy) is 1. The summed E-state index contributed by atoms with van der Waals surface area (Å²) in [7, 11) is 0. The van der Waals surface area contributed by atoms with Crippen LogP contribution >= 0.6 is 0 Å². The third-order valence-electron chi connectivity index (χ3n) is 4.35. The minimum Gasteiger partial charge on any atom is -0.375 e. The van der Waals surface area contributed by atoms with E-state index in [1.807, 2.05) is 0 Å². The largest absolute Gasteiger partial charge is 0.375 e. The summed E-state index contributed by atoms with van der Waals surface area (Å²) in [4.78, 5) is 14.3. The minimum atomic E-state index is -0.259. The highest BCUT2D eigenvalue weighted by Gasteiger charge is 2.36. The van der Waals surface area contributed by atoms with Crippen LogP contribution in [-0.4, -0.2) is 42.6 Å². The van der Waals surface area contributed by atoms with Crippen LogP contribution in [0.2, 0.25) is 0 Å². The van der Waals surface area contributed by atoms with Crippen LogP contribution in [0.1, 0.15) is 24.8 Å². The second-order valence-electron chi connectivity index (χ2n) is 5.78. The van der Waals surface area contributed by atoms with Gasteiger partial charge in [-0.1, -0.05) is 12.1 Å². The topological polar surface area (TPSA) is 41.6 Å². The highest BCUT2D eigenvalue weighted by atomic mass is 19.1. The molecule has 1 amide bonds. The molecule has 2 fully saturated rings. The Hall–Kier alpha value is -1.46. The summed E-state index contributed by atoms with van der Waals surface area (Å²) >= 11 is 0. The Morgan fingerprint density at radius 2 is 2.14 bits per heavy atom. The van der Waals surface area contributed by atoms with Crippen molar-refractivity contribution in [1.29, 1.82) is 0 Å². The van der Waals surface area contributed by atoms with E-state index in [1.165, 1.54) is 18.6 Å². The monoisotopic (exact) mass is 292 g/mol. The number of fused-ring (bicyclic) bond motifs is 1. The van der Waals surface area contributed by atoms with E-state index in [2.05, 4.69) is 10.2 Å². The lowest BCUT2D eigenvalue weighted by Gasteiger charge is -2.37. The van der Waals surface area contributed by atoms with Crippen LogP contribution in [0.4, 0.5) is 4.39 Å². The lowest BCUT2D eigenvalue weighted by molar-refractivity contribution is -0.126. The average molecular weight is 292 g/mol. The van der Waals surface area contributed by atoms with Gasteiger partial charge in [0.1, 0.15) is 5.82 Å². The SMILES string of the molecule is O=C(CN1CCO[C@@H]2CCC[C@H]21)NCc1ccc(F)cc1. The van der Waals surface area contributed by atoms with Gasteiger partial charge < -0.3 is 10.1 Å². The molecule has 0 aromatic heterocycles. The molecule has 2 aliphatic rings. The first kappa shape index (κ1) is 14.5. The summed E-state index contributed by atoms with van der Waals surface area (Å²) in [6.45, 7) is 2.40. The lowest BCUT2D eigenvalue weighted by Crippen LogP contribution is -2.51. The van der Waals surface area contributed by atoms with Gasteiger partial charge in [-0.05, 0) is 37.0 Å². The summed E-state index contributed by atoms with van der Waals surface area (Å²) < 4.78 is 18.6. The molecule has 0 radical (unpaired) electrons. The number of nitrogens with zero attached hydrogens (tertiary/aromatic N) is 1. The Labute approximate surface area is 124 Å². The zero-order chi connectivity index (χ0) is 14.7. The van der Waals surface area contributed by atoms with Gasteiger partial charge in [-0.25, -0.2) is 4.39 Å². The van der Waals surface area contributed by atoms with Gasteiger partial charge in [0.05, 0.1) is 19.3 Å². The molecule has 0 bridgehead atoms. The van der Waals surface area contributed by atoms with Crippen molar-refractivity contribution in [3.8, 4) is 0 Å². The molecule has 0 spiro atoms. The van der Waals surface area contributed by atoms with Gasteiger partial charge in [0.25, 0.3) is 0 Å². The average Bonchev–Trinajstić information content (AvgIpc) is 2.96.